The molecule has 94 valence electrons. The largest absolute Gasteiger partial charge is 0.308 e. The Kier molecular flexibility index (Phi) is 3.72. The highest BCUT2D eigenvalue weighted by molar-refractivity contribution is 5.35. The number of rotatable bonds is 3. The maximum Gasteiger partial charge on any atom is 0.125 e. The second kappa shape index (κ2) is 5.27. The molecule has 0 spiro atoms. The molecular weight excluding hydrogens is 222 g/mol. The van der Waals surface area contributed by atoms with Gasteiger partial charge >= 0.3 is 0 Å². The van der Waals surface area contributed by atoms with Gasteiger partial charge in [0, 0.05) is 6.20 Å². The van der Waals surface area contributed by atoms with Gasteiger partial charge in [0.1, 0.15) is 5.82 Å². The highest BCUT2D eigenvalue weighted by atomic mass is 14.9. The quantitative estimate of drug-likeness (QED) is 0.897. The molecule has 0 amide bonds. The lowest BCUT2D eigenvalue weighted by molar-refractivity contribution is 0.664. The monoisotopic (exact) mass is 241 g/mol. The van der Waals surface area contributed by atoms with E-state index in [0.717, 1.165) is 11.5 Å². The maximum atomic E-state index is 4.50. The number of hydrogen-bond acceptors (Lipinski definition) is 3. The Balaban J connectivity index is 2.42. The van der Waals surface area contributed by atoms with Crippen molar-refractivity contribution in [2.24, 2.45) is 0 Å². The van der Waals surface area contributed by atoms with Crippen LogP contribution in [0.5, 0.6) is 0 Å². The number of hydrogen-bond donors (Lipinski definition) is 1. The molecule has 0 fully saturated rings. The zero-order valence-corrected chi connectivity index (χ0v) is 11.4. The van der Waals surface area contributed by atoms with Gasteiger partial charge in [-0.05, 0) is 50.6 Å². The molecule has 18 heavy (non-hydrogen) atoms. The summed E-state index contributed by atoms with van der Waals surface area (Å²) in [7, 11) is 1.96. The van der Waals surface area contributed by atoms with Crippen molar-refractivity contribution in [1.29, 1.82) is 0 Å². The van der Waals surface area contributed by atoms with Crippen LogP contribution in [0, 0.1) is 20.8 Å². The predicted molar refractivity (Wildman–Crippen MR) is 73.6 cm³/mol. The second-order valence-electron chi connectivity index (χ2n) is 4.59. The van der Waals surface area contributed by atoms with E-state index in [4.69, 9.17) is 0 Å². The van der Waals surface area contributed by atoms with Gasteiger partial charge in [-0.15, -0.1) is 0 Å². The molecule has 0 bridgehead atoms. The van der Waals surface area contributed by atoms with Crippen LogP contribution in [0.3, 0.4) is 0 Å². The molecule has 2 rings (SSSR count). The SMILES string of the molecule is CNC(c1ccc(C)c(C)c1)c1ccnc(C)n1. The number of aromatic nitrogens is 2. The molecule has 3 nitrogen and oxygen atoms in total. The predicted octanol–water partition coefficient (Wildman–Crippen LogP) is 2.71. The summed E-state index contributed by atoms with van der Waals surface area (Å²) in [5, 5.41) is 3.32. The van der Waals surface area contributed by atoms with Crippen LogP contribution in [-0.4, -0.2) is 17.0 Å². The molecule has 0 aliphatic heterocycles. The van der Waals surface area contributed by atoms with Gasteiger partial charge in [0.25, 0.3) is 0 Å². The fraction of sp³-hybridized carbons (Fsp3) is 0.333. The van der Waals surface area contributed by atoms with Crippen molar-refractivity contribution in [3.63, 3.8) is 0 Å². The fourth-order valence-electron chi connectivity index (χ4n) is 2.06. The minimum Gasteiger partial charge on any atom is -0.308 e. The van der Waals surface area contributed by atoms with E-state index >= 15 is 0 Å². The summed E-state index contributed by atoms with van der Waals surface area (Å²) in [5.41, 5.74) is 4.86. The van der Waals surface area contributed by atoms with Gasteiger partial charge in [0.15, 0.2) is 0 Å². The van der Waals surface area contributed by atoms with Crippen LogP contribution in [0.15, 0.2) is 30.5 Å². The van der Waals surface area contributed by atoms with E-state index in [1.54, 1.807) is 0 Å². The standard InChI is InChI=1S/C15H19N3/c1-10-5-6-13(9-11(10)2)15(16-4)14-7-8-17-12(3)18-14/h5-9,15-16H,1-4H3. The van der Waals surface area contributed by atoms with Crippen molar-refractivity contribution in [2.75, 3.05) is 7.05 Å². The molecule has 0 radical (unpaired) electrons. The van der Waals surface area contributed by atoms with Gasteiger partial charge in [-0.25, -0.2) is 9.97 Å². The number of nitrogens with zero attached hydrogens (tertiary/aromatic N) is 2. The molecule has 1 unspecified atom stereocenters. The van der Waals surface area contributed by atoms with Crippen molar-refractivity contribution in [2.45, 2.75) is 26.8 Å². The molecule has 1 atom stereocenters. The molecule has 0 aliphatic rings. The molecule has 0 saturated heterocycles. The topological polar surface area (TPSA) is 37.8 Å². The lowest BCUT2D eigenvalue weighted by Crippen LogP contribution is -2.19. The van der Waals surface area contributed by atoms with Crippen LogP contribution < -0.4 is 5.32 Å². The van der Waals surface area contributed by atoms with Crippen LogP contribution in [0.4, 0.5) is 0 Å². The summed E-state index contributed by atoms with van der Waals surface area (Å²) < 4.78 is 0. The van der Waals surface area contributed by atoms with E-state index in [2.05, 4.69) is 47.3 Å². The maximum absolute atomic E-state index is 4.50. The minimum absolute atomic E-state index is 0.117. The second-order valence-corrected chi connectivity index (χ2v) is 4.59. The van der Waals surface area contributed by atoms with Gasteiger partial charge < -0.3 is 5.32 Å². The first-order valence-electron chi connectivity index (χ1n) is 6.16. The van der Waals surface area contributed by atoms with E-state index in [0.29, 0.717) is 0 Å². The van der Waals surface area contributed by atoms with Gasteiger partial charge in [-0.3, -0.25) is 0 Å². The lowest BCUT2D eigenvalue weighted by Gasteiger charge is -2.17. The zero-order chi connectivity index (χ0) is 13.1. The summed E-state index contributed by atoms with van der Waals surface area (Å²) in [6, 6.07) is 8.60. The van der Waals surface area contributed by atoms with Gasteiger partial charge in [0.05, 0.1) is 11.7 Å². The first kappa shape index (κ1) is 12.7. The molecule has 0 saturated carbocycles. The molecular formula is C15H19N3. The summed E-state index contributed by atoms with van der Waals surface area (Å²) in [5.74, 6) is 0.802. The van der Waals surface area contributed by atoms with Gasteiger partial charge in [0.2, 0.25) is 0 Å². The Morgan fingerprint density at radius 1 is 1.06 bits per heavy atom. The Labute approximate surface area is 108 Å². The Morgan fingerprint density at radius 3 is 2.44 bits per heavy atom. The number of nitrogens with one attached hydrogen (secondary N) is 1. The minimum atomic E-state index is 0.117. The highest BCUT2D eigenvalue weighted by Crippen LogP contribution is 2.22. The third-order valence-corrected chi connectivity index (χ3v) is 3.25. The Morgan fingerprint density at radius 2 is 1.83 bits per heavy atom. The fourth-order valence-corrected chi connectivity index (χ4v) is 2.06. The highest BCUT2D eigenvalue weighted by Gasteiger charge is 2.14. The summed E-state index contributed by atoms with van der Waals surface area (Å²) in [4.78, 5) is 8.64. The average Bonchev–Trinajstić information content (AvgIpc) is 2.35. The summed E-state index contributed by atoms with van der Waals surface area (Å²) in [6.45, 7) is 6.18. The molecule has 1 aromatic heterocycles. The molecule has 1 heterocycles. The van der Waals surface area contributed by atoms with Crippen molar-refractivity contribution in [3.05, 3.63) is 58.7 Å². The van der Waals surface area contributed by atoms with Crippen LogP contribution >= 0.6 is 0 Å². The molecule has 3 heteroatoms. The van der Waals surface area contributed by atoms with Crippen LogP contribution in [0.25, 0.3) is 0 Å². The van der Waals surface area contributed by atoms with E-state index < -0.39 is 0 Å². The van der Waals surface area contributed by atoms with E-state index in [1.807, 2.05) is 26.2 Å². The third-order valence-electron chi connectivity index (χ3n) is 3.25. The summed E-state index contributed by atoms with van der Waals surface area (Å²) in [6.07, 6.45) is 1.81. The molecule has 2 aromatic rings. The van der Waals surface area contributed by atoms with E-state index in [-0.39, 0.29) is 6.04 Å². The van der Waals surface area contributed by atoms with Crippen molar-refractivity contribution >= 4 is 0 Å². The van der Waals surface area contributed by atoms with Gasteiger partial charge in [-0.2, -0.15) is 0 Å². The van der Waals surface area contributed by atoms with Crippen LogP contribution in [0.1, 0.15) is 34.3 Å². The lowest BCUT2D eigenvalue weighted by atomic mass is 9.99. The zero-order valence-electron chi connectivity index (χ0n) is 11.4. The Hall–Kier alpha value is -1.74. The normalized spacial score (nSPS) is 12.4. The van der Waals surface area contributed by atoms with Crippen molar-refractivity contribution in [1.82, 2.24) is 15.3 Å². The van der Waals surface area contributed by atoms with Crippen molar-refractivity contribution < 1.29 is 0 Å². The van der Waals surface area contributed by atoms with Crippen LogP contribution in [-0.2, 0) is 0 Å². The van der Waals surface area contributed by atoms with E-state index in [1.165, 1.54) is 16.7 Å². The van der Waals surface area contributed by atoms with Crippen molar-refractivity contribution in [3.8, 4) is 0 Å². The molecule has 0 aliphatic carbocycles. The number of benzene rings is 1. The van der Waals surface area contributed by atoms with Gasteiger partial charge in [-0.1, -0.05) is 18.2 Å². The average molecular weight is 241 g/mol. The smallest absolute Gasteiger partial charge is 0.125 e. The third kappa shape index (κ3) is 2.57. The summed E-state index contributed by atoms with van der Waals surface area (Å²) >= 11 is 0. The van der Waals surface area contributed by atoms with Crippen LogP contribution in [0.2, 0.25) is 0 Å². The first-order valence-corrected chi connectivity index (χ1v) is 6.16. The molecule has 1 aromatic carbocycles. The van der Waals surface area contributed by atoms with E-state index in [9.17, 15) is 0 Å². The Bertz CT molecular complexity index is 549. The first-order chi connectivity index (χ1) is 8.61. The molecule has 1 N–H and O–H groups in total. The number of aryl methyl sites for hydroxylation is 3.